The van der Waals surface area contributed by atoms with Crippen molar-refractivity contribution in [3.05, 3.63) is 103 Å². The van der Waals surface area contributed by atoms with Crippen LogP contribution in [0, 0.1) is 6.92 Å². The molecule has 2 aromatic carbocycles. The fourth-order valence-corrected chi connectivity index (χ4v) is 5.06. The molecule has 0 spiro atoms. The number of nitrogens with one attached hydrogen (secondary N) is 1. The zero-order valence-corrected chi connectivity index (χ0v) is 23.8. The minimum absolute atomic E-state index is 0.103. The van der Waals surface area contributed by atoms with Gasteiger partial charge in [0.2, 0.25) is 5.95 Å². The zero-order valence-electron chi connectivity index (χ0n) is 22.2. The van der Waals surface area contributed by atoms with Crippen LogP contribution in [0.25, 0.3) is 11.6 Å². The third-order valence-corrected chi connectivity index (χ3v) is 7.98. The number of carbonyl (C=O) groups excluding carboxylic acids is 2. The predicted octanol–water partition coefficient (Wildman–Crippen LogP) is 4.00. The molecule has 3 heterocycles. The molecule has 0 bridgehead atoms. The van der Waals surface area contributed by atoms with Gasteiger partial charge in [0.15, 0.2) is 0 Å². The second kappa shape index (κ2) is 10.6. The maximum Gasteiger partial charge on any atom is 0.263 e. The highest BCUT2D eigenvalue weighted by atomic mass is 79.9. The summed E-state index contributed by atoms with van der Waals surface area (Å²) in [5.41, 5.74) is 4.40. The number of hydrogen-bond acceptors (Lipinski definition) is 5. The van der Waals surface area contributed by atoms with E-state index in [-0.39, 0.29) is 30.0 Å². The van der Waals surface area contributed by atoms with Crippen LogP contribution in [0.2, 0.25) is 0 Å². The van der Waals surface area contributed by atoms with Gasteiger partial charge in [0.1, 0.15) is 0 Å². The number of amides is 2. The molecule has 4 aromatic rings. The van der Waals surface area contributed by atoms with E-state index in [0.717, 1.165) is 22.2 Å². The Labute approximate surface area is 234 Å². The van der Waals surface area contributed by atoms with E-state index in [1.807, 2.05) is 39.0 Å². The van der Waals surface area contributed by atoms with Crippen LogP contribution < -0.4 is 10.9 Å². The Morgan fingerprint density at radius 1 is 1.10 bits per heavy atom. The molecule has 2 amide bonds. The molecular weight excluding hydrogens is 560 g/mol. The van der Waals surface area contributed by atoms with Crippen LogP contribution in [0.1, 0.15) is 57.1 Å². The monoisotopic (exact) mass is 588 g/mol. The van der Waals surface area contributed by atoms with Crippen molar-refractivity contribution in [3.63, 3.8) is 0 Å². The molecule has 0 saturated heterocycles. The Bertz CT molecular complexity index is 1640. The van der Waals surface area contributed by atoms with Gasteiger partial charge in [-0.05, 0) is 80.8 Å². The standard InChI is InChI=1S/C29H29BrN6O3/c1-5-21-12-13-35(33-21)29-32-25-16-34(27(38)20-8-11-24(30)17(2)14-20)18(3)15-23(25)28(39)36(29)22-9-6-19(7-10-22)26(37)31-4/h6-14,18H,5,15-16H2,1-4H3,(H,31,37)/t18-/m0/s1. The molecule has 0 saturated carbocycles. The highest BCUT2D eigenvalue weighted by molar-refractivity contribution is 9.10. The van der Waals surface area contributed by atoms with Gasteiger partial charge in [-0.1, -0.05) is 22.9 Å². The lowest BCUT2D eigenvalue weighted by Gasteiger charge is -2.34. The number of aromatic nitrogens is 4. The Morgan fingerprint density at radius 2 is 1.82 bits per heavy atom. The van der Waals surface area contributed by atoms with Gasteiger partial charge in [-0.15, -0.1) is 0 Å². The molecule has 0 radical (unpaired) electrons. The van der Waals surface area contributed by atoms with Crippen molar-refractivity contribution in [3.8, 4) is 11.6 Å². The van der Waals surface area contributed by atoms with E-state index in [1.165, 1.54) is 4.57 Å². The van der Waals surface area contributed by atoms with Crippen LogP contribution in [0.3, 0.4) is 0 Å². The van der Waals surface area contributed by atoms with Crippen LogP contribution in [0.4, 0.5) is 0 Å². The smallest absolute Gasteiger partial charge is 0.263 e. The van der Waals surface area contributed by atoms with Gasteiger partial charge in [-0.25, -0.2) is 14.2 Å². The van der Waals surface area contributed by atoms with Gasteiger partial charge in [0, 0.05) is 40.4 Å². The average molecular weight is 589 g/mol. The first-order chi connectivity index (χ1) is 18.7. The second-order valence-electron chi connectivity index (χ2n) is 9.66. The molecular formula is C29H29BrN6O3. The van der Waals surface area contributed by atoms with E-state index in [9.17, 15) is 14.4 Å². The van der Waals surface area contributed by atoms with Crippen molar-refractivity contribution in [2.24, 2.45) is 0 Å². The van der Waals surface area contributed by atoms with Gasteiger partial charge in [0.05, 0.1) is 23.6 Å². The van der Waals surface area contributed by atoms with Crippen LogP contribution in [-0.2, 0) is 19.4 Å². The number of hydrogen-bond donors (Lipinski definition) is 1. The topological polar surface area (TPSA) is 102 Å². The van der Waals surface area contributed by atoms with E-state index >= 15 is 0 Å². The van der Waals surface area contributed by atoms with E-state index in [0.29, 0.717) is 40.4 Å². The van der Waals surface area contributed by atoms with Crippen molar-refractivity contribution in [1.29, 1.82) is 0 Å². The minimum atomic E-state index is -0.213. The summed E-state index contributed by atoms with van der Waals surface area (Å²) in [6, 6.07) is 14.0. The van der Waals surface area contributed by atoms with Crippen LogP contribution in [0.5, 0.6) is 0 Å². The van der Waals surface area contributed by atoms with Gasteiger partial charge < -0.3 is 10.2 Å². The molecule has 1 aliphatic heterocycles. The predicted molar refractivity (Wildman–Crippen MR) is 152 cm³/mol. The summed E-state index contributed by atoms with van der Waals surface area (Å²) in [6.45, 7) is 6.11. The van der Waals surface area contributed by atoms with Gasteiger partial charge in [-0.3, -0.25) is 14.4 Å². The lowest BCUT2D eigenvalue weighted by molar-refractivity contribution is 0.0652. The molecule has 200 valence electrons. The van der Waals surface area contributed by atoms with E-state index in [1.54, 1.807) is 53.2 Å². The molecule has 10 heteroatoms. The highest BCUT2D eigenvalue weighted by Gasteiger charge is 2.32. The summed E-state index contributed by atoms with van der Waals surface area (Å²) in [5.74, 6) is 0.0120. The molecule has 1 aliphatic rings. The molecule has 5 rings (SSSR count). The van der Waals surface area contributed by atoms with Gasteiger partial charge in [0.25, 0.3) is 17.4 Å². The third kappa shape index (κ3) is 4.92. The molecule has 39 heavy (non-hydrogen) atoms. The lowest BCUT2D eigenvalue weighted by atomic mass is 9.98. The first-order valence-electron chi connectivity index (χ1n) is 12.8. The normalized spacial score (nSPS) is 14.7. The minimum Gasteiger partial charge on any atom is -0.355 e. The molecule has 2 aromatic heterocycles. The van der Waals surface area contributed by atoms with Crippen LogP contribution >= 0.6 is 15.9 Å². The Hall–Kier alpha value is -4.05. The number of aryl methyl sites for hydroxylation is 2. The quantitative estimate of drug-likeness (QED) is 0.379. The largest absolute Gasteiger partial charge is 0.355 e. The van der Waals surface area contributed by atoms with Gasteiger partial charge in [-0.2, -0.15) is 5.10 Å². The molecule has 1 atom stereocenters. The van der Waals surface area contributed by atoms with Crippen LogP contribution in [-0.4, -0.2) is 49.1 Å². The zero-order chi connectivity index (χ0) is 27.8. The molecule has 0 fully saturated rings. The Morgan fingerprint density at radius 3 is 2.46 bits per heavy atom. The fourth-order valence-electron chi connectivity index (χ4n) is 4.82. The van der Waals surface area contributed by atoms with Gasteiger partial charge >= 0.3 is 0 Å². The number of halogens is 1. The first kappa shape index (κ1) is 26.6. The Balaban J connectivity index is 1.62. The number of fused-ring (bicyclic) bond motifs is 1. The summed E-state index contributed by atoms with van der Waals surface area (Å²) >= 11 is 3.49. The number of rotatable bonds is 5. The maximum absolute atomic E-state index is 14.0. The average Bonchev–Trinajstić information content (AvgIpc) is 3.43. The summed E-state index contributed by atoms with van der Waals surface area (Å²) < 4.78 is 4.06. The second-order valence-corrected chi connectivity index (χ2v) is 10.5. The summed E-state index contributed by atoms with van der Waals surface area (Å²) in [5, 5.41) is 7.22. The van der Waals surface area contributed by atoms with Crippen molar-refractivity contribution in [2.45, 2.75) is 46.2 Å². The van der Waals surface area contributed by atoms with Crippen molar-refractivity contribution in [2.75, 3.05) is 7.05 Å². The van der Waals surface area contributed by atoms with Crippen molar-refractivity contribution in [1.82, 2.24) is 29.5 Å². The third-order valence-electron chi connectivity index (χ3n) is 7.09. The number of benzene rings is 2. The molecule has 9 nitrogen and oxygen atoms in total. The van der Waals surface area contributed by atoms with Crippen molar-refractivity contribution < 1.29 is 9.59 Å². The SMILES string of the molecule is CCc1ccn(-c2nc3c(c(=O)n2-c2ccc(C(=O)NC)cc2)C[C@H](C)N(C(=O)c2ccc(Br)c(C)c2)C3)n1. The molecule has 0 aliphatic carbocycles. The maximum atomic E-state index is 14.0. The van der Waals surface area contributed by atoms with E-state index < -0.39 is 0 Å². The van der Waals surface area contributed by atoms with Crippen molar-refractivity contribution >= 4 is 27.7 Å². The summed E-state index contributed by atoms with van der Waals surface area (Å²) in [4.78, 5) is 46.3. The number of nitrogens with zero attached hydrogens (tertiary/aromatic N) is 5. The molecule has 1 N–H and O–H groups in total. The summed E-state index contributed by atoms with van der Waals surface area (Å²) in [7, 11) is 1.57. The van der Waals surface area contributed by atoms with Crippen LogP contribution in [0.15, 0.2) is 64.0 Å². The highest BCUT2D eigenvalue weighted by Crippen LogP contribution is 2.26. The fraction of sp³-hybridized carbons (Fsp3) is 0.276. The number of carbonyl (C=O) groups is 2. The summed E-state index contributed by atoms with van der Waals surface area (Å²) in [6.07, 6.45) is 2.88. The van der Waals surface area contributed by atoms with E-state index in [2.05, 4.69) is 26.3 Å². The molecule has 0 unspecified atom stereocenters. The van der Waals surface area contributed by atoms with E-state index in [4.69, 9.17) is 4.98 Å². The first-order valence-corrected chi connectivity index (χ1v) is 13.6. The lowest BCUT2D eigenvalue weighted by Crippen LogP contribution is -2.46. The Kier molecular flexibility index (Phi) is 7.22.